The van der Waals surface area contributed by atoms with Crippen molar-refractivity contribution in [1.29, 1.82) is 0 Å². The van der Waals surface area contributed by atoms with Crippen LogP contribution in [0.5, 0.6) is 0 Å². The monoisotopic (exact) mass is 438 g/mol. The summed E-state index contributed by atoms with van der Waals surface area (Å²) in [7, 11) is 0. The van der Waals surface area contributed by atoms with Crippen molar-refractivity contribution in [3.05, 3.63) is 46.7 Å². The van der Waals surface area contributed by atoms with Gasteiger partial charge in [0.05, 0.1) is 17.5 Å². The highest BCUT2D eigenvalue weighted by Gasteiger charge is 2.51. The third-order valence-electron chi connectivity index (χ3n) is 7.55. The lowest BCUT2D eigenvalue weighted by atomic mass is 9.77. The molecule has 0 radical (unpaired) electrons. The normalized spacial score (nSPS) is 25.4. The van der Waals surface area contributed by atoms with Gasteiger partial charge in [-0.2, -0.15) is 0 Å². The van der Waals surface area contributed by atoms with Crippen molar-refractivity contribution in [3.63, 3.8) is 0 Å². The molecule has 174 valence electrons. The Balaban J connectivity index is 1.65. The van der Waals surface area contributed by atoms with Crippen LogP contribution in [0.2, 0.25) is 0 Å². The Labute approximate surface area is 192 Å². The fraction of sp³-hybridized carbons (Fsp3) is 0.630. The zero-order chi connectivity index (χ0) is 22.8. The number of ketones is 1. The minimum absolute atomic E-state index is 0.0941. The second-order valence-corrected chi connectivity index (χ2v) is 9.76. The lowest BCUT2D eigenvalue weighted by Gasteiger charge is -2.35. The van der Waals surface area contributed by atoms with Gasteiger partial charge in [-0.05, 0) is 62.4 Å². The van der Waals surface area contributed by atoms with Gasteiger partial charge in [-0.1, -0.05) is 58.4 Å². The van der Waals surface area contributed by atoms with Crippen LogP contribution >= 0.6 is 0 Å². The molecule has 0 N–H and O–H groups in total. The van der Waals surface area contributed by atoms with E-state index in [1.807, 2.05) is 4.90 Å². The summed E-state index contributed by atoms with van der Waals surface area (Å²) >= 11 is 0. The number of amides is 1. The van der Waals surface area contributed by atoms with E-state index in [9.17, 15) is 9.59 Å². The van der Waals surface area contributed by atoms with Crippen LogP contribution < -0.4 is 0 Å². The number of carbonyl (C=O) groups excluding carboxylic acids is 2. The van der Waals surface area contributed by atoms with E-state index in [0.717, 1.165) is 57.3 Å². The molecule has 1 aromatic carbocycles. The maximum absolute atomic E-state index is 13.6. The number of ether oxygens (including phenoxy) is 1. The number of Topliss-reactive ketones (excluding diaryl/α,β-unsaturated/α-hetero) is 1. The van der Waals surface area contributed by atoms with Crippen LogP contribution in [0.15, 0.2) is 35.6 Å². The fourth-order valence-corrected chi connectivity index (χ4v) is 5.54. The van der Waals surface area contributed by atoms with Crippen molar-refractivity contribution >= 4 is 11.7 Å². The van der Waals surface area contributed by atoms with Crippen LogP contribution in [0.4, 0.5) is 0 Å². The van der Waals surface area contributed by atoms with Crippen LogP contribution in [0.3, 0.4) is 0 Å². The summed E-state index contributed by atoms with van der Waals surface area (Å²) in [6.45, 7) is 12.3. The number of rotatable bonds is 8. The van der Waals surface area contributed by atoms with Gasteiger partial charge in [0.25, 0.3) is 5.91 Å². The van der Waals surface area contributed by atoms with Crippen LogP contribution in [0, 0.1) is 5.92 Å². The molecule has 2 heterocycles. The van der Waals surface area contributed by atoms with E-state index in [1.54, 1.807) is 0 Å². The number of carbonyl (C=O) groups is 2. The maximum Gasteiger partial charge on any atom is 0.290 e. The molecule has 1 aliphatic carbocycles. The topological polar surface area (TPSA) is 49.9 Å². The molecule has 0 bridgehead atoms. The molecule has 0 aromatic heterocycles. The summed E-state index contributed by atoms with van der Waals surface area (Å²) in [5.41, 5.74) is 2.89. The minimum atomic E-state index is -0.328. The van der Waals surface area contributed by atoms with E-state index < -0.39 is 0 Å². The summed E-state index contributed by atoms with van der Waals surface area (Å²) in [6.07, 6.45) is 4.63. The van der Waals surface area contributed by atoms with Crippen LogP contribution in [0.25, 0.3) is 0 Å². The second kappa shape index (κ2) is 9.78. The first kappa shape index (κ1) is 23.0. The van der Waals surface area contributed by atoms with Crippen molar-refractivity contribution in [2.45, 2.75) is 77.9 Å². The van der Waals surface area contributed by atoms with E-state index in [-0.39, 0.29) is 29.8 Å². The first-order chi connectivity index (χ1) is 15.5. The predicted octanol–water partition coefficient (Wildman–Crippen LogP) is 4.84. The Hall–Kier alpha value is -2.14. The highest BCUT2D eigenvalue weighted by Crippen LogP contribution is 2.46. The molecule has 3 unspecified atom stereocenters. The lowest BCUT2D eigenvalue weighted by Crippen LogP contribution is -2.39. The molecule has 4 rings (SSSR count). The number of hydrogen-bond donors (Lipinski definition) is 0. The Morgan fingerprint density at radius 2 is 1.75 bits per heavy atom. The van der Waals surface area contributed by atoms with E-state index in [0.29, 0.717) is 23.8 Å². The van der Waals surface area contributed by atoms with Gasteiger partial charge in [0.1, 0.15) is 6.10 Å². The van der Waals surface area contributed by atoms with Gasteiger partial charge in [0, 0.05) is 6.54 Å². The van der Waals surface area contributed by atoms with E-state index >= 15 is 0 Å². The zero-order valence-corrected chi connectivity index (χ0v) is 20.1. The Kier molecular flexibility index (Phi) is 7.04. The molecule has 3 atom stereocenters. The average molecular weight is 439 g/mol. The summed E-state index contributed by atoms with van der Waals surface area (Å²) in [4.78, 5) is 31.4. The highest BCUT2D eigenvalue weighted by atomic mass is 16.5. The molecular formula is C27H38N2O3. The third kappa shape index (κ3) is 4.24. The number of benzene rings is 1. The molecule has 0 saturated heterocycles. The first-order valence-electron chi connectivity index (χ1n) is 12.5. The molecule has 32 heavy (non-hydrogen) atoms. The number of hydrogen-bond acceptors (Lipinski definition) is 4. The van der Waals surface area contributed by atoms with Crippen LogP contribution in [-0.4, -0.2) is 53.8 Å². The molecule has 2 aliphatic heterocycles. The van der Waals surface area contributed by atoms with E-state index in [1.165, 1.54) is 5.56 Å². The summed E-state index contributed by atoms with van der Waals surface area (Å²) in [5.74, 6) is 0.725. The molecule has 1 saturated carbocycles. The first-order valence-corrected chi connectivity index (χ1v) is 12.5. The van der Waals surface area contributed by atoms with Gasteiger partial charge in [-0.25, -0.2) is 0 Å². The molecule has 1 amide bonds. The van der Waals surface area contributed by atoms with Gasteiger partial charge in [0.2, 0.25) is 0 Å². The Morgan fingerprint density at radius 3 is 2.41 bits per heavy atom. The SMILES string of the molecule is CCN(CC)CCCN1C(=O)C2=C(C(=O)C3CCCCC3O2)C1c1ccc(C(C)C)cc1. The minimum Gasteiger partial charge on any atom is -0.483 e. The quantitative estimate of drug-likeness (QED) is 0.583. The Bertz CT molecular complexity index is 869. The van der Waals surface area contributed by atoms with Crippen molar-refractivity contribution in [3.8, 4) is 0 Å². The van der Waals surface area contributed by atoms with Crippen molar-refractivity contribution in [1.82, 2.24) is 9.80 Å². The summed E-state index contributed by atoms with van der Waals surface area (Å²) in [6, 6.07) is 8.14. The van der Waals surface area contributed by atoms with Crippen molar-refractivity contribution in [2.75, 3.05) is 26.2 Å². The van der Waals surface area contributed by atoms with Crippen LogP contribution in [-0.2, 0) is 14.3 Å². The average Bonchev–Trinajstić information content (AvgIpc) is 3.09. The standard InChI is InChI=1S/C27H38N2O3/c1-5-28(6-2)16-9-17-29-24(20-14-12-19(13-15-20)18(3)4)23-25(30)21-10-7-8-11-22(21)32-26(23)27(29)31/h12-15,18,21-22,24H,5-11,16-17H2,1-4H3. The van der Waals surface area contributed by atoms with Gasteiger partial charge >= 0.3 is 0 Å². The third-order valence-corrected chi connectivity index (χ3v) is 7.55. The van der Waals surface area contributed by atoms with Gasteiger partial charge in [-0.15, -0.1) is 0 Å². The summed E-state index contributed by atoms with van der Waals surface area (Å²) < 4.78 is 6.27. The fourth-order valence-electron chi connectivity index (χ4n) is 5.54. The molecular weight excluding hydrogens is 400 g/mol. The molecule has 3 aliphatic rings. The smallest absolute Gasteiger partial charge is 0.290 e. The van der Waals surface area contributed by atoms with Gasteiger partial charge < -0.3 is 14.5 Å². The largest absolute Gasteiger partial charge is 0.483 e. The molecule has 0 spiro atoms. The van der Waals surface area contributed by atoms with Gasteiger partial charge in [0.15, 0.2) is 11.5 Å². The highest BCUT2D eigenvalue weighted by molar-refractivity contribution is 6.11. The zero-order valence-electron chi connectivity index (χ0n) is 20.1. The molecule has 5 heteroatoms. The van der Waals surface area contributed by atoms with E-state index in [2.05, 4.69) is 56.9 Å². The molecule has 5 nitrogen and oxygen atoms in total. The van der Waals surface area contributed by atoms with Crippen LogP contribution in [0.1, 0.15) is 82.9 Å². The second-order valence-electron chi connectivity index (χ2n) is 9.76. The lowest BCUT2D eigenvalue weighted by molar-refractivity contribution is -0.135. The Morgan fingerprint density at radius 1 is 1.06 bits per heavy atom. The summed E-state index contributed by atoms with van der Waals surface area (Å²) in [5, 5.41) is 0. The maximum atomic E-state index is 13.6. The van der Waals surface area contributed by atoms with Crippen molar-refractivity contribution < 1.29 is 14.3 Å². The number of nitrogens with zero attached hydrogens (tertiary/aromatic N) is 2. The molecule has 1 fully saturated rings. The van der Waals surface area contributed by atoms with E-state index in [4.69, 9.17) is 4.74 Å². The predicted molar refractivity (Wildman–Crippen MR) is 126 cm³/mol. The molecule has 1 aromatic rings. The van der Waals surface area contributed by atoms with Gasteiger partial charge in [-0.3, -0.25) is 9.59 Å². The number of fused-ring (bicyclic) bond motifs is 1. The van der Waals surface area contributed by atoms with Crippen molar-refractivity contribution in [2.24, 2.45) is 5.92 Å².